The van der Waals surface area contributed by atoms with Crippen LogP contribution in [0.1, 0.15) is 18.7 Å². The second-order valence-electron chi connectivity index (χ2n) is 5.23. The minimum atomic E-state index is -0.373. The van der Waals surface area contributed by atoms with Crippen LogP contribution in [-0.2, 0) is 0 Å². The lowest BCUT2D eigenvalue weighted by molar-refractivity contribution is 0.216. The predicted octanol–water partition coefficient (Wildman–Crippen LogP) is 2.25. The van der Waals surface area contributed by atoms with Gasteiger partial charge < -0.3 is 15.3 Å². The van der Waals surface area contributed by atoms with Crippen LogP contribution in [0.25, 0.3) is 10.2 Å². The third kappa shape index (κ3) is 2.50. The summed E-state index contributed by atoms with van der Waals surface area (Å²) in [4.78, 5) is 13.2. The first kappa shape index (κ1) is 14.0. The lowest BCUT2D eigenvalue weighted by atomic mass is 10.1. The molecular formula is C13H20N4OS. The van der Waals surface area contributed by atoms with Crippen molar-refractivity contribution in [2.24, 2.45) is 0 Å². The van der Waals surface area contributed by atoms with Crippen LogP contribution in [0.15, 0.2) is 6.07 Å². The van der Waals surface area contributed by atoms with Gasteiger partial charge in [-0.3, -0.25) is 0 Å². The molecule has 0 amide bonds. The topological polar surface area (TPSA) is 61.3 Å². The van der Waals surface area contributed by atoms with Gasteiger partial charge in [-0.05, 0) is 26.8 Å². The van der Waals surface area contributed by atoms with Crippen molar-refractivity contribution in [3.63, 3.8) is 0 Å². The number of anilines is 2. The SMILES string of the molecule is CNc1nc(N(C)C(C)(C)CO)c2cc(C)sc2n1. The fourth-order valence-corrected chi connectivity index (χ4v) is 2.66. The van der Waals surface area contributed by atoms with Crippen LogP contribution in [0.2, 0.25) is 0 Å². The molecule has 2 heterocycles. The highest BCUT2D eigenvalue weighted by Gasteiger charge is 2.26. The van der Waals surface area contributed by atoms with E-state index in [-0.39, 0.29) is 12.1 Å². The maximum absolute atomic E-state index is 9.53. The third-order valence-corrected chi connectivity index (χ3v) is 4.28. The fraction of sp³-hybridized carbons (Fsp3) is 0.538. The zero-order chi connectivity index (χ0) is 14.2. The number of aromatic nitrogens is 2. The molecule has 0 aliphatic rings. The Balaban J connectivity index is 2.63. The second kappa shape index (κ2) is 4.94. The van der Waals surface area contributed by atoms with Crippen LogP contribution < -0.4 is 10.2 Å². The van der Waals surface area contributed by atoms with Crippen LogP contribution in [-0.4, -0.2) is 41.3 Å². The Hall–Kier alpha value is -1.40. The van der Waals surface area contributed by atoms with Crippen LogP contribution in [0.4, 0.5) is 11.8 Å². The number of hydrogen-bond donors (Lipinski definition) is 2. The minimum absolute atomic E-state index is 0.0625. The van der Waals surface area contributed by atoms with Crippen molar-refractivity contribution in [1.29, 1.82) is 0 Å². The largest absolute Gasteiger partial charge is 0.394 e. The molecule has 19 heavy (non-hydrogen) atoms. The molecule has 0 unspecified atom stereocenters. The number of fused-ring (bicyclic) bond motifs is 1. The summed E-state index contributed by atoms with van der Waals surface area (Å²) >= 11 is 1.65. The Labute approximate surface area is 117 Å². The van der Waals surface area contributed by atoms with Gasteiger partial charge in [0.15, 0.2) is 0 Å². The highest BCUT2D eigenvalue weighted by atomic mass is 32.1. The van der Waals surface area contributed by atoms with Gasteiger partial charge in [0.05, 0.1) is 17.5 Å². The lowest BCUT2D eigenvalue weighted by Crippen LogP contribution is -2.45. The number of aliphatic hydroxyl groups excluding tert-OH is 1. The summed E-state index contributed by atoms with van der Waals surface area (Å²) in [5, 5.41) is 13.6. The van der Waals surface area contributed by atoms with Crippen LogP contribution in [0.5, 0.6) is 0 Å². The molecule has 0 fully saturated rings. The van der Waals surface area contributed by atoms with Gasteiger partial charge in [0.1, 0.15) is 10.6 Å². The molecule has 0 saturated carbocycles. The molecule has 2 aromatic heterocycles. The van der Waals surface area contributed by atoms with Gasteiger partial charge in [-0.15, -0.1) is 11.3 Å². The standard InChI is InChI=1S/C13H20N4OS/c1-8-6-9-10(17(5)13(2,3)7-18)15-12(14-4)16-11(9)19-8/h6,18H,7H2,1-5H3,(H,14,15,16). The van der Waals surface area contributed by atoms with Crippen molar-refractivity contribution >= 4 is 33.3 Å². The Morgan fingerprint density at radius 3 is 2.68 bits per heavy atom. The predicted molar refractivity (Wildman–Crippen MR) is 81.3 cm³/mol. The first-order valence-corrected chi connectivity index (χ1v) is 7.01. The molecule has 0 aromatic carbocycles. The van der Waals surface area contributed by atoms with E-state index in [0.717, 1.165) is 16.0 Å². The lowest BCUT2D eigenvalue weighted by Gasteiger charge is -2.35. The number of hydrogen-bond acceptors (Lipinski definition) is 6. The van der Waals surface area contributed by atoms with Crippen molar-refractivity contribution in [1.82, 2.24) is 9.97 Å². The number of thiophene rings is 1. The molecule has 2 rings (SSSR count). The van der Waals surface area contributed by atoms with Gasteiger partial charge in [-0.1, -0.05) is 0 Å². The molecule has 0 saturated heterocycles. The minimum Gasteiger partial charge on any atom is -0.394 e. The van der Waals surface area contributed by atoms with Crippen molar-refractivity contribution in [3.05, 3.63) is 10.9 Å². The van der Waals surface area contributed by atoms with Gasteiger partial charge in [0.25, 0.3) is 0 Å². The molecular weight excluding hydrogens is 260 g/mol. The molecule has 0 atom stereocenters. The summed E-state index contributed by atoms with van der Waals surface area (Å²) in [7, 11) is 3.76. The normalized spacial score (nSPS) is 11.9. The van der Waals surface area contributed by atoms with E-state index in [4.69, 9.17) is 0 Å². The van der Waals surface area contributed by atoms with E-state index in [1.165, 1.54) is 4.88 Å². The second-order valence-corrected chi connectivity index (χ2v) is 6.46. The molecule has 0 spiro atoms. The monoisotopic (exact) mass is 280 g/mol. The maximum Gasteiger partial charge on any atom is 0.225 e. The average molecular weight is 280 g/mol. The summed E-state index contributed by atoms with van der Waals surface area (Å²) in [5.74, 6) is 1.45. The van der Waals surface area contributed by atoms with Crippen molar-refractivity contribution in [2.45, 2.75) is 26.3 Å². The quantitative estimate of drug-likeness (QED) is 0.899. The summed E-state index contributed by atoms with van der Waals surface area (Å²) in [6.07, 6.45) is 0. The Morgan fingerprint density at radius 1 is 1.42 bits per heavy atom. The molecule has 0 radical (unpaired) electrons. The molecule has 0 aliphatic carbocycles. The molecule has 6 heteroatoms. The number of likely N-dealkylation sites (N-methyl/N-ethyl adjacent to an activating group) is 1. The van der Waals surface area contributed by atoms with Gasteiger partial charge in [0, 0.05) is 19.0 Å². The van der Waals surface area contributed by atoms with Gasteiger partial charge in [-0.25, -0.2) is 4.98 Å². The van der Waals surface area contributed by atoms with E-state index in [9.17, 15) is 5.11 Å². The van der Waals surface area contributed by atoms with Crippen molar-refractivity contribution in [3.8, 4) is 0 Å². The third-order valence-electron chi connectivity index (χ3n) is 3.33. The summed E-state index contributed by atoms with van der Waals surface area (Å²) in [6.45, 7) is 6.10. The summed E-state index contributed by atoms with van der Waals surface area (Å²) in [6, 6.07) is 2.10. The van der Waals surface area contributed by atoms with E-state index in [2.05, 4.69) is 28.3 Å². The van der Waals surface area contributed by atoms with E-state index in [1.807, 2.05) is 32.8 Å². The van der Waals surface area contributed by atoms with Gasteiger partial charge >= 0.3 is 0 Å². The highest BCUT2D eigenvalue weighted by molar-refractivity contribution is 7.18. The Kier molecular flexibility index (Phi) is 3.64. The molecule has 104 valence electrons. The number of aryl methyl sites for hydroxylation is 1. The molecule has 2 aromatic rings. The van der Waals surface area contributed by atoms with Gasteiger partial charge in [-0.2, -0.15) is 4.98 Å². The summed E-state index contributed by atoms with van der Waals surface area (Å²) < 4.78 is 0. The highest BCUT2D eigenvalue weighted by Crippen LogP contribution is 2.33. The smallest absolute Gasteiger partial charge is 0.225 e. The van der Waals surface area contributed by atoms with Crippen molar-refractivity contribution in [2.75, 3.05) is 30.9 Å². The van der Waals surface area contributed by atoms with Crippen LogP contribution in [0.3, 0.4) is 0 Å². The Bertz CT molecular complexity index is 594. The Morgan fingerprint density at radius 2 is 2.11 bits per heavy atom. The van der Waals surface area contributed by atoms with E-state index in [0.29, 0.717) is 5.95 Å². The van der Waals surface area contributed by atoms with E-state index in [1.54, 1.807) is 11.3 Å². The molecule has 5 nitrogen and oxygen atoms in total. The van der Waals surface area contributed by atoms with Crippen LogP contribution >= 0.6 is 11.3 Å². The summed E-state index contributed by atoms with van der Waals surface area (Å²) in [5.41, 5.74) is -0.373. The number of nitrogens with zero attached hydrogens (tertiary/aromatic N) is 3. The number of rotatable bonds is 4. The van der Waals surface area contributed by atoms with Crippen LogP contribution in [0, 0.1) is 6.92 Å². The average Bonchev–Trinajstić information content (AvgIpc) is 2.76. The zero-order valence-electron chi connectivity index (χ0n) is 12.0. The first-order valence-electron chi connectivity index (χ1n) is 6.19. The fourth-order valence-electron chi connectivity index (χ4n) is 1.79. The number of nitrogens with one attached hydrogen (secondary N) is 1. The first-order chi connectivity index (χ1) is 8.89. The molecule has 0 aliphatic heterocycles. The molecule has 0 bridgehead atoms. The van der Waals surface area contributed by atoms with Crippen molar-refractivity contribution < 1.29 is 5.11 Å². The van der Waals surface area contributed by atoms with E-state index < -0.39 is 0 Å². The molecule has 2 N–H and O–H groups in total. The zero-order valence-corrected chi connectivity index (χ0v) is 12.8. The number of aliphatic hydroxyl groups is 1. The van der Waals surface area contributed by atoms with E-state index >= 15 is 0 Å². The van der Waals surface area contributed by atoms with Gasteiger partial charge in [0.2, 0.25) is 5.95 Å². The maximum atomic E-state index is 9.53.